The molecule has 0 fully saturated rings. The van der Waals surface area contributed by atoms with E-state index in [1.807, 2.05) is 24.3 Å². The van der Waals surface area contributed by atoms with E-state index in [-0.39, 0.29) is 11.5 Å². The summed E-state index contributed by atoms with van der Waals surface area (Å²) in [5, 5.41) is 21.9. The first kappa shape index (κ1) is 12.5. The van der Waals surface area contributed by atoms with E-state index < -0.39 is 0 Å². The number of rotatable bonds is 5. The fourth-order valence-corrected chi connectivity index (χ4v) is 1.79. The van der Waals surface area contributed by atoms with Gasteiger partial charge in [-0.05, 0) is 36.2 Å². The van der Waals surface area contributed by atoms with Crippen LogP contribution in [0.1, 0.15) is 11.1 Å². The molecule has 2 aromatic carbocycles. The average Bonchev–Trinajstić information content (AvgIpc) is 2.40. The number of phenolic OH excluding ortho intramolecular Hbond substituents is 2. The molecule has 0 atom stereocenters. The van der Waals surface area contributed by atoms with Crippen molar-refractivity contribution in [2.24, 2.45) is 0 Å². The Labute approximate surface area is 107 Å². The Kier molecular flexibility index (Phi) is 4.20. The second-order valence-electron chi connectivity index (χ2n) is 4.24. The van der Waals surface area contributed by atoms with Crippen molar-refractivity contribution in [1.82, 2.24) is 5.32 Å². The SMILES string of the molecule is Oc1ccc(CCNCc2ccccc2)cc1O. The third-order valence-electron chi connectivity index (χ3n) is 2.80. The van der Waals surface area contributed by atoms with E-state index >= 15 is 0 Å². The van der Waals surface area contributed by atoms with Gasteiger partial charge in [-0.25, -0.2) is 0 Å². The van der Waals surface area contributed by atoms with Gasteiger partial charge in [0.2, 0.25) is 0 Å². The van der Waals surface area contributed by atoms with E-state index in [4.69, 9.17) is 0 Å². The van der Waals surface area contributed by atoms with Crippen LogP contribution in [-0.4, -0.2) is 16.8 Å². The molecule has 18 heavy (non-hydrogen) atoms. The third kappa shape index (κ3) is 3.50. The summed E-state index contributed by atoms with van der Waals surface area (Å²) in [4.78, 5) is 0. The van der Waals surface area contributed by atoms with Gasteiger partial charge in [0, 0.05) is 6.54 Å². The van der Waals surface area contributed by atoms with Crippen LogP contribution in [0.25, 0.3) is 0 Å². The van der Waals surface area contributed by atoms with Crippen LogP contribution in [0.5, 0.6) is 11.5 Å². The maximum Gasteiger partial charge on any atom is 0.157 e. The first-order chi connectivity index (χ1) is 8.75. The van der Waals surface area contributed by atoms with E-state index in [1.54, 1.807) is 6.07 Å². The monoisotopic (exact) mass is 243 g/mol. The minimum absolute atomic E-state index is 0.0597. The summed E-state index contributed by atoms with van der Waals surface area (Å²) in [7, 11) is 0. The summed E-state index contributed by atoms with van der Waals surface area (Å²) in [5.74, 6) is -0.133. The average molecular weight is 243 g/mol. The number of aromatic hydroxyl groups is 2. The highest BCUT2D eigenvalue weighted by Gasteiger charge is 2.00. The quantitative estimate of drug-likeness (QED) is 0.558. The highest BCUT2D eigenvalue weighted by Crippen LogP contribution is 2.24. The number of hydrogen-bond acceptors (Lipinski definition) is 3. The van der Waals surface area contributed by atoms with E-state index in [0.717, 1.165) is 25.1 Å². The summed E-state index contributed by atoms with van der Waals surface area (Å²) in [6, 6.07) is 15.1. The summed E-state index contributed by atoms with van der Waals surface area (Å²) >= 11 is 0. The second kappa shape index (κ2) is 6.07. The van der Waals surface area contributed by atoms with Gasteiger partial charge < -0.3 is 15.5 Å². The van der Waals surface area contributed by atoms with Gasteiger partial charge >= 0.3 is 0 Å². The Balaban J connectivity index is 1.77. The Morgan fingerprint density at radius 2 is 1.61 bits per heavy atom. The number of hydrogen-bond donors (Lipinski definition) is 3. The van der Waals surface area contributed by atoms with E-state index in [0.29, 0.717) is 0 Å². The van der Waals surface area contributed by atoms with Gasteiger partial charge in [0.25, 0.3) is 0 Å². The predicted molar refractivity (Wildman–Crippen MR) is 71.6 cm³/mol. The molecule has 0 unspecified atom stereocenters. The molecule has 0 aliphatic heterocycles. The number of phenols is 2. The van der Waals surface area contributed by atoms with Gasteiger partial charge in [-0.15, -0.1) is 0 Å². The molecule has 0 saturated carbocycles. The Morgan fingerprint density at radius 1 is 0.833 bits per heavy atom. The topological polar surface area (TPSA) is 52.5 Å². The van der Waals surface area contributed by atoms with E-state index in [2.05, 4.69) is 17.4 Å². The standard InChI is InChI=1S/C15H17NO2/c17-14-7-6-12(10-15(14)18)8-9-16-11-13-4-2-1-3-5-13/h1-7,10,16-18H,8-9,11H2. The van der Waals surface area contributed by atoms with Crippen LogP contribution in [0.3, 0.4) is 0 Å². The van der Waals surface area contributed by atoms with Crippen molar-refractivity contribution in [3.63, 3.8) is 0 Å². The van der Waals surface area contributed by atoms with Crippen LogP contribution < -0.4 is 5.32 Å². The van der Waals surface area contributed by atoms with Crippen molar-refractivity contribution >= 4 is 0 Å². The summed E-state index contributed by atoms with van der Waals surface area (Å²) in [5.41, 5.74) is 2.26. The third-order valence-corrected chi connectivity index (χ3v) is 2.80. The van der Waals surface area contributed by atoms with Crippen molar-refractivity contribution in [1.29, 1.82) is 0 Å². The molecule has 0 aliphatic rings. The van der Waals surface area contributed by atoms with Crippen LogP contribution in [0, 0.1) is 0 Å². The minimum atomic E-state index is -0.0732. The Hall–Kier alpha value is -2.00. The van der Waals surface area contributed by atoms with Gasteiger partial charge in [0.15, 0.2) is 11.5 Å². The highest BCUT2D eigenvalue weighted by atomic mass is 16.3. The maximum absolute atomic E-state index is 9.36. The lowest BCUT2D eigenvalue weighted by molar-refractivity contribution is 0.403. The summed E-state index contributed by atoms with van der Waals surface area (Å²) in [6.07, 6.45) is 0.820. The molecule has 2 rings (SSSR count). The van der Waals surface area contributed by atoms with Crippen molar-refractivity contribution in [3.05, 3.63) is 59.7 Å². The lowest BCUT2D eigenvalue weighted by Gasteiger charge is -2.06. The zero-order valence-electron chi connectivity index (χ0n) is 10.1. The molecule has 2 aromatic rings. The van der Waals surface area contributed by atoms with Crippen LogP contribution in [0.15, 0.2) is 48.5 Å². The highest BCUT2D eigenvalue weighted by molar-refractivity contribution is 5.40. The normalized spacial score (nSPS) is 10.4. The van der Waals surface area contributed by atoms with Crippen LogP contribution in [0.2, 0.25) is 0 Å². The minimum Gasteiger partial charge on any atom is -0.504 e. The van der Waals surface area contributed by atoms with E-state index in [9.17, 15) is 10.2 Å². The van der Waals surface area contributed by atoms with Crippen molar-refractivity contribution in [2.45, 2.75) is 13.0 Å². The molecule has 0 heterocycles. The van der Waals surface area contributed by atoms with Gasteiger partial charge in [-0.3, -0.25) is 0 Å². The fourth-order valence-electron chi connectivity index (χ4n) is 1.79. The van der Waals surface area contributed by atoms with Crippen LogP contribution >= 0.6 is 0 Å². The molecule has 3 N–H and O–H groups in total. The molecule has 0 bridgehead atoms. The first-order valence-electron chi connectivity index (χ1n) is 6.01. The molecular formula is C15H17NO2. The zero-order valence-corrected chi connectivity index (χ0v) is 10.1. The predicted octanol–water partition coefficient (Wildman–Crippen LogP) is 2.43. The molecule has 0 amide bonds. The van der Waals surface area contributed by atoms with Crippen molar-refractivity contribution in [3.8, 4) is 11.5 Å². The number of nitrogens with one attached hydrogen (secondary N) is 1. The molecule has 0 radical (unpaired) electrons. The summed E-state index contributed by atoms with van der Waals surface area (Å²) < 4.78 is 0. The first-order valence-corrected chi connectivity index (χ1v) is 6.01. The molecule has 0 spiro atoms. The van der Waals surface area contributed by atoms with Crippen molar-refractivity contribution in [2.75, 3.05) is 6.54 Å². The smallest absolute Gasteiger partial charge is 0.157 e. The zero-order chi connectivity index (χ0) is 12.8. The Bertz CT molecular complexity index is 497. The van der Waals surface area contributed by atoms with Gasteiger partial charge in [0.1, 0.15) is 0 Å². The second-order valence-corrected chi connectivity index (χ2v) is 4.24. The lowest BCUT2D eigenvalue weighted by atomic mass is 10.1. The largest absolute Gasteiger partial charge is 0.504 e. The van der Waals surface area contributed by atoms with Crippen molar-refractivity contribution < 1.29 is 10.2 Å². The van der Waals surface area contributed by atoms with E-state index in [1.165, 1.54) is 11.6 Å². The molecule has 94 valence electrons. The molecular weight excluding hydrogens is 226 g/mol. The molecule has 0 aliphatic carbocycles. The van der Waals surface area contributed by atoms with Gasteiger partial charge in [-0.1, -0.05) is 36.4 Å². The van der Waals surface area contributed by atoms with Crippen LogP contribution in [-0.2, 0) is 13.0 Å². The molecule has 3 heteroatoms. The molecule has 0 saturated heterocycles. The maximum atomic E-state index is 9.36. The van der Waals surface area contributed by atoms with Gasteiger partial charge in [-0.2, -0.15) is 0 Å². The number of benzene rings is 2. The molecule has 3 nitrogen and oxygen atoms in total. The van der Waals surface area contributed by atoms with Gasteiger partial charge in [0.05, 0.1) is 0 Å². The fraction of sp³-hybridized carbons (Fsp3) is 0.200. The Morgan fingerprint density at radius 3 is 2.33 bits per heavy atom. The lowest BCUT2D eigenvalue weighted by Crippen LogP contribution is -2.16. The summed E-state index contributed by atoms with van der Waals surface area (Å²) in [6.45, 7) is 1.67. The molecule has 0 aromatic heterocycles. The van der Waals surface area contributed by atoms with Crippen LogP contribution in [0.4, 0.5) is 0 Å².